The van der Waals surface area contributed by atoms with E-state index in [0.29, 0.717) is 23.3 Å². The molecule has 2 heterocycles. The molecule has 0 bridgehead atoms. The zero-order chi connectivity index (χ0) is 20.5. The van der Waals surface area contributed by atoms with E-state index in [1.54, 1.807) is 4.57 Å². The van der Waals surface area contributed by atoms with Gasteiger partial charge in [-0.05, 0) is 42.8 Å². The highest BCUT2D eigenvalue weighted by atomic mass is 16.1. The molecule has 5 aromatic rings. The minimum absolute atomic E-state index is 0.0280. The average Bonchev–Trinajstić information content (AvgIpc) is 3.10. The van der Waals surface area contributed by atoms with Crippen molar-refractivity contribution in [1.29, 1.82) is 0 Å². The summed E-state index contributed by atoms with van der Waals surface area (Å²) in [6.45, 7) is 2.54. The van der Waals surface area contributed by atoms with Gasteiger partial charge in [-0.15, -0.1) is 0 Å². The molecule has 4 nitrogen and oxygen atoms in total. The van der Waals surface area contributed by atoms with Crippen LogP contribution in [0.25, 0.3) is 34.0 Å². The van der Waals surface area contributed by atoms with Gasteiger partial charge in [0.05, 0.1) is 17.4 Å². The molecule has 5 rings (SSSR count). The summed E-state index contributed by atoms with van der Waals surface area (Å²) in [5.41, 5.74) is 5.05. The third kappa shape index (κ3) is 3.22. The van der Waals surface area contributed by atoms with Crippen LogP contribution in [0.3, 0.4) is 0 Å². The Hall–Kier alpha value is -3.92. The summed E-state index contributed by atoms with van der Waals surface area (Å²) in [6, 6.07) is 25.7. The molecule has 3 aromatic carbocycles. The Labute approximate surface area is 174 Å². The molecule has 0 saturated carbocycles. The highest BCUT2D eigenvalue weighted by Gasteiger charge is 2.11. The molecule has 30 heavy (non-hydrogen) atoms. The lowest BCUT2D eigenvalue weighted by molar-refractivity contribution is 0.738. The maximum atomic E-state index is 13.3. The van der Waals surface area contributed by atoms with Gasteiger partial charge >= 0.3 is 0 Å². The molecule has 0 unspecified atom stereocenters. The van der Waals surface area contributed by atoms with Crippen LogP contribution >= 0.6 is 0 Å². The normalized spacial score (nSPS) is 11.6. The van der Waals surface area contributed by atoms with Crippen molar-refractivity contribution >= 4 is 34.0 Å². The van der Waals surface area contributed by atoms with Gasteiger partial charge in [-0.2, -0.15) is 0 Å². The van der Waals surface area contributed by atoms with Gasteiger partial charge in [0.1, 0.15) is 5.82 Å². The highest BCUT2D eigenvalue weighted by Crippen LogP contribution is 2.24. The molecule has 0 aliphatic heterocycles. The largest absolute Gasteiger partial charge is 0.358 e. The van der Waals surface area contributed by atoms with E-state index in [1.807, 2.05) is 78.9 Å². The van der Waals surface area contributed by atoms with E-state index in [4.69, 9.17) is 4.98 Å². The first-order valence-corrected chi connectivity index (χ1v) is 9.99. The van der Waals surface area contributed by atoms with Crippen LogP contribution in [-0.4, -0.2) is 14.5 Å². The molecule has 2 aromatic heterocycles. The number of aromatic nitrogens is 3. The first-order chi connectivity index (χ1) is 14.7. The average molecular weight is 391 g/mol. The fourth-order valence-electron chi connectivity index (χ4n) is 3.90. The predicted octanol–water partition coefficient (Wildman–Crippen LogP) is 5.40. The van der Waals surface area contributed by atoms with Gasteiger partial charge in [-0.3, -0.25) is 9.36 Å². The Morgan fingerprint density at radius 3 is 2.40 bits per heavy atom. The van der Waals surface area contributed by atoms with E-state index in [0.717, 1.165) is 27.7 Å². The number of rotatable bonds is 4. The number of fused-ring (bicyclic) bond motifs is 2. The van der Waals surface area contributed by atoms with Crippen molar-refractivity contribution in [3.8, 4) is 0 Å². The number of H-pyrrole nitrogens is 1. The van der Waals surface area contributed by atoms with E-state index in [-0.39, 0.29) is 5.56 Å². The molecule has 0 aliphatic rings. The van der Waals surface area contributed by atoms with Crippen LogP contribution in [0.5, 0.6) is 0 Å². The Morgan fingerprint density at radius 2 is 1.57 bits per heavy atom. The molecular weight excluding hydrogens is 370 g/mol. The number of aryl methyl sites for hydroxylation is 1. The van der Waals surface area contributed by atoms with E-state index in [2.05, 4.69) is 24.0 Å². The second-order valence-electron chi connectivity index (χ2n) is 7.41. The van der Waals surface area contributed by atoms with Crippen molar-refractivity contribution in [2.75, 3.05) is 0 Å². The number of hydrogen-bond acceptors (Lipinski definition) is 2. The molecular formula is C26H21N3O. The van der Waals surface area contributed by atoms with Gasteiger partial charge in [0.25, 0.3) is 5.56 Å². The van der Waals surface area contributed by atoms with Crippen LogP contribution in [0.1, 0.15) is 22.6 Å². The number of nitrogens with zero attached hydrogens (tertiary/aromatic N) is 2. The summed E-state index contributed by atoms with van der Waals surface area (Å²) in [5.74, 6) is 0.646. The topological polar surface area (TPSA) is 50.7 Å². The van der Waals surface area contributed by atoms with Crippen LogP contribution in [0.15, 0.2) is 83.7 Å². The van der Waals surface area contributed by atoms with Crippen molar-refractivity contribution in [3.05, 3.63) is 112 Å². The molecule has 1 N–H and O–H groups in total. The van der Waals surface area contributed by atoms with Gasteiger partial charge < -0.3 is 4.98 Å². The molecule has 0 spiro atoms. The quantitative estimate of drug-likeness (QED) is 0.446. The first-order valence-electron chi connectivity index (χ1n) is 9.99. The van der Waals surface area contributed by atoms with Gasteiger partial charge in [0, 0.05) is 22.2 Å². The summed E-state index contributed by atoms with van der Waals surface area (Å²) in [6.07, 6.45) is 3.99. The van der Waals surface area contributed by atoms with Crippen LogP contribution in [0.2, 0.25) is 0 Å². The zero-order valence-corrected chi connectivity index (χ0v) is 16.7. The predicted molar refractivity (Wildman–Crippen MR) is 124 cm³/mol. The van der Waals surface area contributed by atoms with Gasteiger partial charge in [-0.25, -0.2) is 4.98 Å². The summed E-state index contributed by atoms with van der Waals surface area (Å²) in [5, 5.41) is 1.79. The molecule has 0 saturated heterocycles. The van der Waals surface area contributed by atoms with Crippen LogP contribution in [0.4, 0.5) is 0 Å². The summed E-state index contributed by atoms with van der Waals surface area (Å²) >= 11 is 0. The summed E-state index contributed by atoms with van der Waals surface area (Å²) in [7, 11) is 0. The highest BCUT2D eigenvalue weighted by molar-refractivity contribution is 5.93. The van der Waals surface area contributed by atoms with Gasteiger partial charge in [-0.1, -0.05) is 60.7 Å². The standard InChI is InChI=1S/C26H21N3O/c1-18-20(21-11-5-7-13-23(21)27-18)15-16-25-28-24-14-8-6-12-22(24)26(30)29(25)17-19-9-3-2-4-10-19/h2-16,27H,17H2,1H3/b16-15+. The Morgan fingerprint density at radius 1 is 0.867 bits per heavy atom. The van der Waals surface area contributed by atoms with Gasteiger partial charge in [0.2, 0.25) is 0 Å². The first kappa shape index (κ1) is 18.1. The van der Waals surface area contributed by atoms with Crippen molar-refractivity contribution in [1.82, 2.24) is 14.5 Å². The monoisotopic (exact) mass is 391 g/mol. The van der Waals surface area contributed by atoms with Crippen molar-refractivity contribution in [3.63, 3.8) is 0 Å². The second-order valence-corrected chi connectivity index (χ2v) is 7.41. The minimum atomic E-state index is -0.0280. The molecule has 0 radical (unpaired) electrons. The second kappa shape index (κ2) is 7.48. The molecule has 146 valence electrons. The maximum absolute atomic E-state index is 13.3. The third-order valence-electron chi connectivity index (χ3n) is 5.42. The van der Waals surface area contributed by atoms with Crippen LogP contribution < -0.4 is 5.56 Å². The zero-order valence-electron chi connectivity index (χ0n) is 16.7. The number of aromatic amines is 1. The number of nitrogens with one attached hydrogen (secondary N) is 1. The smallest absolute Gasteiger partial charge is 0.261 e. The summed E-state index contributed by atoms with van der Waals surface area (Å²) < 4.78 is 1.75. The minimum Gasteiger partial charge on any atom is -0.358 e. The fraction of sp³-hybridized carbons (Fsp3) is 0.0769. The van der Waals surface area contributed by atoms with Gasteiger partial charge in [0.15, 0.2) is 0 Å². The molecule has 4 heteroatoms. The molecule has 0 aliphatic carbocycles. The fourth-order valence-corrected chi connectivity index (χ4v) is 3.90. The van der Waals surface area contributed by atoms with E-state index < -0.39 is 0 Å². The van der Waals surface area contributed by atoms with E-state index >= 15 is 0 Å². The molecule has 0 atom stereocenters. The van der Waals surface area contributed by atoms with E-state index in [1.165, 1.54) is 0 Å². The number of hydrogen-bond donors (Lipinski definition) is 1. The number of para-hydroxylation sites is 2. The lowest BCUT2D eigenvalue weighted by atomic mass is 10.1. The van der Waals surface area contributed by atoms with Crippen molar-refractivity contribution in [2.45, 2.75) is 13.5 Å². The Kier molecular flexibility index (Phi) is 4.52. The summed E-state index contributed by atoms with van der Waals surface area (Å²) in [4.78, 5) is 21.5. The lowest BCUT2D eigenvalue weighted by Gasteiger charge is -2.11. The Bertz CT molecular complexity index is 1440. The van der Waals surface area contributed by atoms with Crippen LogP contribution in [-0.2, 0) is 6.54 Å². The maximum Gasteiger partial charge on any atom is 0.261 e. The molecule has 0 fully saturated rings. The number of benzene rings is 3. The molecule has 0 amide bonds. The lowest BCUT2D eigenvalue weighted by Crippen LogP contribution is -2.24. The third-order valence-corrected chi connectivity index (χ3v) is 5.42. The van der Waals surface area contributed by atoms with Crippen molar-refractivity contribution in [2.24, 2.45) is 0 Å². The van der Waals surface area contributed by atoms with Crippen LogP contribution in [0, 0.1) is 6.92 Å². The SMILES string of the molecule is Cc1[nH]c2ccccc2c1/C=C/c1nc2ccccc2c(=O)n1Cc1ccccc1. The Balaban J connectivity index is 1.67. The van der Waals surface area contributed by atoms with Crippen molar-refractivity contribution < 1.29 is 0 Å². The van der Waals surface area contributed by atoms with E-state index in [9.17, 15) is 4.79 Å².